The molecule has 0 radical (unpaired) electrons. The van der Waals surface area contributed by atoms with Gasteiger partial charge in [-0.25, -0.2) is 0 Å². The molecule has 7 rings (SSSR count). The summed E-state index contributed by atoms with van der Waals surface area (Å²) in [5.41, 5.74) is 6.33. The van der Waals surface area contributed by atoms with Gasteiger partial charge in [0, 0.05) is 27.5 Å². The number of fused-ring (bicyclic) bond motifs is 3. The second-order valence-electron chi connectivity index (χ2n) is 10.2. The Kier molecular flexibility index (Phi) is 6.24. The van der Waals surface area contributed by atoms with Gasteiger partial charge >= 0.3 is 0 Å². The van der Waals surface area contributed by atoms with Crippen LogP contribution in [-0.4, -0.2) is 0 Å². The van der Waals surface area contributed by atoms with Crippen LogP contribution in [0.1, 0.15) is 16.7 Å². The normalized spacial score (nSPS) is 11.3. The van der Waals surface area contributed by atoms with Crippen molar-refractivity contribution in [3.05, 3.63) is 162 Å². The number of benzene rings is 7. The lowest BCUT2D eigenvalue weighted by atomic mass is 9.96. The average molecular weight is 523 g/mol. The molecule has 0 aliphatic rings. The fourth-order valence-electron chi connectivity index (χ4n) is 5.65. The van der Waals surface area contributed by atoms with Gasteiger partial charge in [-0.1, -0.05) is 115 Å². The number of hydrogen-bond donors (Lipinski definition) is 0. The molecule has 0 amide bonds. The number of para-hydroxylation sites is 1. The van der Waals surface area contributed by atoms with E-state index in [-0.39, 0.29) is 0 Å². The second-order valence-corrected chi connectivity index (χ2v) is 10.2. The Hall–Kier alpha value is -5.65. The van der Waals surface area contributed by atoms with Crippen LogP contribution in [-0.2, 0) is 0 Å². The van der Waals surface area contributed by atoms with E-state index in [1.54, 1.807) is 0 Å². The minimum atomic E-state index is 0.735. The van der Waals surface area contributed by atoms with Gasteiger partial charge in [0.1, 0.15) is 6.07 Å². The van der Waals surface area contributed by atoms with Crippen LogP contribution in [0.3, 0.4) is 0 Å². The summed E-state index contributed by atoms with van der Waals surface area (Å²) in [7, 11) is 0. The molecular formula is C39H26N2. The molecule has 0 aliphatic heterocycles. The standard InChI is InChI=1S/C39H26N2/c40-27-38-35-14-6-5-10-31(35)26-32-25-29(21-24-36(32)38)18-17-28-19-22-34(23-20-28)41(33-12-2-1-3-13-33)39-16-8-11-30-9-4-7-15-37(30)39/h1-26H. The Balaban J connectivity index is 1.23. The van der Waals surface area contributed by atoms with Gasteiger partial charge in [-0.05, 0) is 69.8 Å². The SMILES string of the molecule is N#Cc1c2ccccc2cc2cc(C=Cc3ccc(N(c4ccccc4)c4cccc5ccccc45)cc3)ccc12. The van der Waals surface area contributed by atoms with Gasteiger partial charge in [0.15, 0.2) is 0 Å². The van der Waals surface area contributed by atoms with Crippen LogP contribution in [0.5, 0.6) is 0 Å². The van der Waals surface area contributed by atoms with Gasteiger partial charge in [-0.3, -0.25) is 0 Å². The van der Waals surface area contributed by atoms with Crippen LogP contribution in [0.15, 0.2) is 146 Å². The lowest BCUT2D eigenvalue weighted by Gasteiger charge is -2.27. The molecule has 7 aromatic rings. The van der Waals surface area contributed by atoms with E-state index in [0.717, 1.165) is 55.3 Å². The van der Waals surface area contributed by atoms with Gasteiger partial charge in [-0.2, -0.15) is 5.26 Å². The molecule has 0 aliphatic carbocycles. The summed E-state index contributed by atoms with van der Waals surface area (Å²) in [6, 6.07) is 53.2. The van der Waals surface area contributed by atoms with Gasteiger partial charge < -0.3 is 4.90 Å². The number of nitriles is 1. The summed E-state index contributed by atoms with van der Waals surface area (Å²) in [5.74, 6) is 0. The van der Waals surface area contributed by atoms with Crippen molar-refractivity contribution in [3.63, 3.8) is 0 Å². The molecule has 0 spiro atoms. The third kappa shape index (κ3) is 4.61. The van der Waals surface area contributed by atoms with Crippen LogP contribution in [0.4, 0.5) is 17.1 Å². The van der Waals surface area contributed by atoms with Gasteiger partial charge in [0.2, 0.25) is 0 Å². The molecule has 0 unspecified atom stereocenters. The van der Waals surface area contributed by atoms with Gasteiger partial charge in [0.25, 0.3) is 0 Å². The van der Waals surface area contributed by atoms with E-state index < -0.39 is 0 Å². The van der Waals surface area contributed by atoms with Crippen molar-refractivity contribution in [2.24, 2.45) is 0 Å². The summed E-state index contributed by atoms with van der Waals surface area (Å²) < 4.78 is 0. The zero-order valence-corrected chi connectivity index (χ0v) is 22.4. The third-order valence-corrected chi connectivity index (χ3v) is 7.64. The number of rotatable bonds is 5. The Bertz CT molecular complexity index is 2090. The van der Waals surface area contributed by atoms with Crippen LogP contribution < -0.4 is 4.90 Å². The predicted octanol–water partition coefficient (Wildman–Crippen LogP) is 10.7. The molecular weight excluding hydrogens is 496 g/mol. The van der Waals surface area contributed by atoms with Crippen molar-refractivity contribution in [1.82, 2.24) is 0 Å². The molecule has 41 heavy (non-hydrogen) atoms. The first kappa shape index (κ1) is 24.4. The Labute approximate surface area is 239 Å². The fourth-order valence-corrected chi connectivity index (χ4v) is 5.65. The largest absolute Gasteiger partial charge is 0.310 e. The van der Waals surface area contributed by atoms with E-state index in [0.29, 0.717) is 0 Å². The highest BCUT2D eigenvalue weighted by molar-refractivity contribution is 6.05. The molecule has 192 valence electrons. The topological polar surface area (TPSA) is 27.0 Å². The first-order chi connectivity index (χ1) is 20.3. The third-order valence-electron chi connectivity index (χ3n) is 7.64. The van der Waals surface area contributed by atoms with E-state index in [9.17, 15) is 5.26 Å². The first-order valence-corrected chi connectivity index (χ1v) is 13.8. The molecule has 0 heterocycles. The summed E-state index contributed by atoms with van der Waals surface area (Å²) in [5, 5.41) is 16.4. The maximum atomic E-state index is 9.85. The maximum Gasteiger partial charge on any atom is 0.100 e. The lowest BCUT2D eigenvalue weighted by molar-refractivity contribution is 1.30. The fraction of sp³-hybridized carbons (Fsp3) is 0. The Morgan fingerprint density at radius 2 is 1.07 bits per heavy atom. The lowest BCUT2D eigenvalue weighted by Crippen LogP contribution is -2.10. The van der Waals surface area contributed by atoms with Gasteiger partial charge in [-0.15, -0.1) is 0 Å². The van der Waals surface area contributed by atoms with Crippen LogP contribution in [0, 0.1) is 11.3 Å². The van der Waals surface area contributed by atoms with Crippen molar-refractivity contribution in [1.29, 1.82) is 5.26 Å². The molecule has 7 aromatic carbocycles. The molecule has 0 bridgehead atoms. The van der Waals surface area contributed by atoms with Crippen LogP contribution in [0.25, 0.3) is 44.5 Å². The monoisotopic (exact) mass is 522 g/mol. The smallest absolute Gasteiger partial charge is 0.100 e. The Morgan fingerprint density at radius 1 is 0.463 bits per heavy atom. The van der Waals surface area contributed by atoms with Crippen LogP contribution in [0.2, 0.25) is 0 Å². The highest BCUT2D eigenvalue weighted by Gasteiger charge is 2.14. The minimum absolute atomic E-state index is 0.735. The quantitative estimate of drug-likeness (QED) is 0.166. The summed E-state index contributed by atoms with van der Waals surface area (Å²) in [6.45, 7) is 0. The van der Waals surface area contributed by atoms with Crippen molar-refractivity contribution in [3.8, 4) is 6.07 Å². The van der Waals surface area contributed by atoms with Crippen molar-refractivity contribution < 1.29 is 0 Å². The summed E-state index contributed by atoms with van der Waals surface area (Å²) in [6.07, 6.45) is 4.28. The minimum Gasteiger partial charge on any atom is -0.310 e. The number of hydrogen-bond acceptors (Lipinski definition) is 2. The molecule has 0 aromatic heterocycles. The molecule has 0 saturated heterocycles. The van der Waals surface area contributed by atoms with Gasteiger partial charge in [0.05, 0.1) is 11.3 Å². The molecule has 2 heteroatoms. The molecule has 2 nitrogen and oxygen atoms in total. The highest BCUT2D eigenvalue weighted by Crippen LogP contribution is 2.38. The van der Waals surface area contributed by atoms with Crippen LogP contribution >= 0.6 is 0 Å². The van der Waals surface area contributed by atoms with E-state index >= 15 is 0 Å². The summed E-state index contributed by atoms with van der Waals surface area (Å²) in [4.78, 5) is 2.32. The molecule has 0 fully saturated rings. The highest BCUT2D eigenvalue weighted by atomic mass is 15.1. The zero-order chi connectivity index (χ0) is 27.6. The zero-order valence-electron chi connectivity index (χ0n) is 22.4. The van der Waals surface area contributed by atoms with E-state index in [4.69, 9.17) is 0 Å². The molecule has 0 N–H and O–H groups in total. The van der Waals surface area contributed by atoms with E-state index in [2.05, 4.69) is 151 Å². The Morgan fingerprint density at radius 3 is 1.88 bits per heavy atom. The number of nitrogens with zero attached hydrogens (tertiary/aromatic N) is 2. The van der Waals surface area contributed by atoms with Crippen molar-refractivity contribution in [2.75, 3.05) is 4.90 Å². The van der Waals surface area contributed by atoms with Crippen molar-refractivity contribution in [2.45, 2.75) is 0 Å². The van der Waals surface area contributed by atoms with Crippen molar-refractivity contribution >= 4 is 61.5 Å². The van der Waals surface area contributed by atoms with E-state index in [1.807, 2.05) is 18.2 Å². The van der Waals surface area contributed by atoms with E-state index in [1.165, 1.54) is 10.8 Å². The molecule has 0 atom stereocenters. The summed E-state index contributed by atoms with van der Waals surface area (Å²) >= 11 is 0. The number of anilines is 3. The average Bonchev–Trinajstić information content (AvgIpc) is 3.04. The predicted molar refractivity (Wildman–Crippen MR) is 174 cm³/mol. The first-order valence-electron chi connectivity index (χ1n) is 13.8. The molecule has 0 saturated carbocycles. The maximum absolute atomic E-state index is 9.85. The second kappa shape index (κ2) is 10.5.